The summed E-state index contributed by atoms with van der Waals surface area (Å²) in [5.74, 6) is 0. The second-order valence-corrected chi connectivity index (χ2v) is 8.84. The van der Waals surface area contributed by atoms with Crippen molar-refractivity contribution >= 4 is 20.0 Å². The highest BCUT2D eigenvalue weighted by molar-refractivity contribution is 8.05. The monoisotopic (exact) mass is 466 g/mol. The molecule has 6 nitrogen and oxygen atoms in total. The number of sulfonamides is 2. The van der Waals surface area contributed by atoms with Gasteiger partial charge in [-0.05, 0) is 33.0 Å². The molecule has 0 saturated carbocycles. The quantitative estimate of drug-likeness (QED) is 0.643. The highest BCUT2D eigenvalue weighted by atomic mass is 32.3. The van der Waals surface area contributed by atoms with Crippen molar-refractivity contribution < 1.29 is 60.7 Å². The molecule has 1 saturated heterocycles. The van der Waals surface area contributed by atoms with Gasteiger partial charge in [-0.15, -0.1) is 0 Å². The average molecular weight is 466 g/mol. The molecule has 1 fully saturated rings. The summed E-state index contributed by atoms with van der Waals surface area (Å²) in [5, 5.41) is -13.9. The van der Waals surface area contributed by atoms with Crippen LogP contribution in [0.1, 0.15) is 12.8 Å². The Labute approximate surface area is 146 Å². The van der Waals surface area contributed by atoms with Crippen LogP contribution in [-0.4, -0.2) is 64.7 Å². The standard InChI is InChI=1S/C5H11N.C4HF10NO4S2/c1-6-4-2-3-5-6;5-1(6,7)3(11,12)20(16,17)15-21(18,19)4(13,14)2(8,9)10/h2-5H2,1H3;15H. The van der Waals surface area contributed by atoms with Gasteiger partial charge in [0.25, 0.3) is 20.0 Å². The first-order valence-electron chi connectivity index (χ1n) is 6.45. The van der Waals surface area contributed by atoms with E-state index in [2.05, 4.69) is 11.9 Å². The molecule has 1 aliphatic rings. The van der Waals surface area contributed by atoms with Gasteiger partial charge in [0.05, 0.1) is 0 Å². The van der Waals surface area contributed by atoms with E-state index >= 15 is 0 Å². The van der Waals surface area contributed by atoms with Crippen molar-refractivity contribution in [3.8, 4) is 0 Å². The first-order valence-corrected chi connectivity index (χ1v) is 9.42. The van der Waals surface area contributed by atoms with Crippen molar-refractivity contribution in [3.63, 3.8) is 0 Å². The molecule has 0 aromatic heterocycles. The van der Waals surface area contributed by atoms with Crippen LogP contribution in [0.15, 0.2) is 0 Å². The topological polar surface area (TPSA) is 83.6 Å². The highest BCUT2D eigenvalue weighted by Crippen LogP contribution is 2.43. The summed E-state index contributed by atoms with van der Waals surface area (Å²) < 4.78 is 160. The lowest BCUT2D eigenvalue weighted by molar-refractivity contribution is -0.242. The lowest BCUT2D eigenvalue weighted by atomic mass is 10.4. The molecule has 0 bridgehead atoms. The predicted molar refractivity (Wildman–Crippen MR) is 69.7 cm³/mol. The molecule has 164 valence electrons. The van der Waals surface area contributed by atoms with Gasteiger partial charge in [-0.2, -0.15) is 43.9 Å². The molecule has 0 spiro atoms. The summed E-state index contributed by atoms with van der Waals surface area (Å²) >= 11 is 0. The molecular weight excluding hydrogens is 454 g/mol. The molecule has 0 atom stereocenters. The Balaban J connectivity index is 0.000000941. The summed E-state index contributed by atoms with van der Waals surface area (Å²) in [7, 11) is -12.8. The average Bonchev–Trinajstić information content (AvgIpc) is 2.86. The second-order valence-electron chi connectivity index (χ2n) is 5.13. The zero-order valence-electron chi connectivity index (χ0n) is 13.0. The van der Waals surface area contributed by atoms with E-state index in [4.69, 9.17) is 0 Å². The Bertz CT molecular complexity index is 654. The normalized spacial score (nSPS) is 18.2. The molecule has 0 aromatic carbocycles. The lowest BCUT2D eigenvalue weighted by Gasteiger charge is -2.23. The number of rotatable bonds is 4. The van der Waals surface area contributed by atoms with Crippen LogP contribution >= 0.6 is 0 Å². The summed E-state index contributed by atoms with van der Waals surface area (Å²) in [6.07, 6.45) is -11.1. The van der Waals surface area contributed by atoms with Crippen LogP contribution in [0.3, 0.4) is 0 Å². The van der Waals surface area contributed by atoms with E-state index in [1.54, 1.807) is 0 Å². The lowest BCUT2D eigenvalue weighted by Crippen LogP contribution is -2.57. The van der Waals surface area contributed by atoms with Crippen LogP contribution in [0.4, 0.5) is 43.9 Å². The van der Waals surface area contributed by atoms with Crippen molar-refractivity contribution in [3.05, 3.63) is 0 Å². The van der Waals surface area contributed by atoms with Crippen LogP contribution in [0.2, 0.25) is 0 Å². The number of likely N-dealkylation sites (tertiary alicyclic amines) is 1. The molecule has 1 aliphatic heterocycles. The summed E-state index contributed by atoms with van der Waals surface area (Å²) in [6, 6.07) is 0. The number of alkyl halides is 10. The number of hydrogen-bond donors (Lipinski definition) is 1. The van der Waals surface area contributed by atoms with Gasteiger partial charge in [0.15, 0.2) is 0 Å². The van der Waals surface area contributed by atoms with Crippen molar-refractivity contribution in [2.75, 3.05) is 20.1 Å². The minimum atomic E-state index is -7.49. The molecule has 18 heteroatoms. The van der Waals surface area contributed by atoms with Gasteiger partial charge in [0, 0.05) is 0 Å². The van der Waals surface area contributed by atoms with Crippen molar-refractivity contribution in [1.82, 2.24) is 9.03 Å². The summed E-state index contributed by atoms with van der Waals surface area (Å²) in [5.41, 5.74) is 0. The molecule has 0 aliphatic carbocycles. The molecule has 0 aromatic rings. The highest BCUT2D eigenvalue weighted by Gasteiger charge is 2.73. The van der Waals surface area contributed by atoms with Crippen LogP contribution in [0.5, 0.6) is 0 Å². The summed E-state index contributed by atoms with van der Waals surface area (Å²) in [6.45, 7) is 2.64. The Kier molecular flexibility index (Phi) is 7.60. The van der Waals surface area contributed by atoms with Crippen molar-refractivity contribution in [2.24, 2.45) is 0 Å². The van der Waals surface area contributed by atoms with Crippen molar-refractivity contribution in [2.45, 2.75) is 35.7 Å². The molecule has 0 amide bonds. The third-order valence-corrected chi connectivity index (χ3v) is 6.45. The second kappa shape index (κ2) is 7.86. The number of hydrogen-bond acceptors (Lipinski definition) is 5. The summed E-state index contributed by atoms with van der Waals surface area (Å²) in [4.78, 5) is 2.36. The molecule has 1 N–H and O–H groups in total. The fourth-order valence-corrected chi connectivity index (χ4v) is 4.03. The van der Waals surface area contributed by atoms with E-state index in [1.165, 1.54) is 25.9 Å². The largest absolute Gasteiger partial charge is 0.471 e. The maximum atomic E-state index is 12.4. The Morgan fingerprint density at radius 2 is 0.926 bits per heavy atom. The van der Waals surface area contributed by atoms with Crippen LogP contribution in [-0.2, 0) is 20.0 Å². The van der Waals surface area contributed by atoms with E-state index in [9.17, 15) is 60.7 Å². The van der Waals surface area contributed by atoms with Gasteiger partial charge in [-0.1, -0.05) is 4.13 Å². The van der Waals surface area contributed by atoms with E-state index in [1.807, 2.05) is 0 Å². The first kappa shape index (κ1) is 26.1. The van der Waals surface area contributed by atoms with Gasteiger partial charge in [-0.25, -0.2) is 16.8 Å². The van der Waals surface area contributed by atoms with E-state index in [0.29, 0.717) is 0 Å². The predicted octanol–water partition coefficient (Wildman–Crippen LogP) is 2.26. The number of halogens is 10. The van der Waals surface area contributed by atoms with Crippen LogP contribution in [0, 0.1) is 0 Å². The zero-order chi connectivity index (χ0) is 22.1. The van der Waals surface area contributed by atoms with E-state index in [0.717, 1.165) is 0 Å². The molecule has 1 heterocycles. The molecule has 1 rings (SSSR count). The van der Waals surface area contributed by atoms with Gasteiger partial charge >= 0.3 is 22.9 Å². The van der Waals surface area contributed by atoms with Crippen LogP contribution in [0.25, 0.3) is 0 Å². The van der Waals surface area contributed by atoms with E-state index < -0.39 is 47.0 Å². The Morgan fingerprint density at radius 1 is 0.667 bits per heavy atom. The maximum absolute atomic E-state index is 12.4. The third kappa shape index (κ3) is 5.80. The third-order valence-electron chi connectivity index (χ3n) is 2.88. The fourth-order valence-electron chi connectivity index (χ4n) is 1.43. The smallest absolute Gasteiger partial charge is 0.306 e. The molecule has 0 unspecified atom stereocenters. The SMILES string of the molecule is CN1CCCC1.O=S(=O)(NS(=O)(=O)C(F)(F)C(F)(F)F)C(F)(F)C(F)(F)F. The maximum Gasteiger partial charge on any atom is 0.471 e. The van der Waals surface area contributed by atoms with E-state index in [-0.39, 0.29) is 0 Å². The zero-order valence-corrected chi connectivity index (χ0v) is 14.6. The fraction of sp³-hybridized carbons (Fsp3) is 1.00. The van der Waals surface area contributed by atoms with Gasteiger partial charge in [0.1, 0.15) is 0 Å². The minimum Gasteiger partial charge on any atom is -0.306 e. The van der Waals surface area contributed by atoms with Crippen molar-refractivity contribution in [1.29, 1.82) is 0 Å². The molecule has 0 radical (unpaired) electrons. The van der Waals surface area contributed by atoms with Gasteiger partial charge in [0.2, 0.25) is 0 Å². The number of nitrogens with zero attached hydrogens (tertiary/aromatic N) is 1. The Hall–Kier alpha value is -0.880. The Morgan fingerprint density at radius 3 is 1.07 bits per heavy atom. The van der Waals surface area contributed by atoms with Crippen LogP contribution < -0.4 is 4.13 Å². The molecular formula is C9H12F10N2O4S2. The molecule has 27 heavy (non-hydrogen) atoms. The first-order chi connectivity index (χ1) is 11.6. The number of nitrogens with one attached hydrogen (secondary N) is 1. The minimum absolute atomic E-state index is 0.969. The van der Waals surface area contributed by atoms with Gasteiger partial charge < -0.3 is 4.90 Å². The van der Waals surface area contributed by atoms with Gasteiger partial charge in [-0.3, -0.25) is 0 Å².